The number of carbonyl (C=O) groups is 1. The molecular formula is C14H15F3N6O. The van der Waals surface area contributed by atoms with Gasteiger partial charge in [-0.2, -0.15) is 18.2 Å². The van der Waals surface area contributed by atoms with Crippen molar-refractivity contribution in [1.82, 2.24) is 25.1 Å². The van der Waals surface area contributed by atoms with Gasteiger partial charge in [0.15, 0.2) is 0 Å². The number of aromatic nitrogens is 4. The number of anilines is 1. The first-order valence-corrected chi connectivity index (χ1v) is 7.42. The second-order valence-corrected chi connectivity index (χ2v) is 5.30. The van der Waals surface area contributed by atoms with E-state index in [-0.39, 0.29) is 24.5 Å². The quantitative estimate of drug-likeness (QED) is 0.881. The monoisotopic (exact) mass is 340 g/mol. The number of nitrogens with zero attached hydrogens (tertiary/aromatic N) is 4. The van der Waals surface area contributed by atoms with E-state index >= 15 is 0 Å². The zero-order valence-electron chi connectivity index (χ0n) is 12.6. The molecule has 0 bridgehead atoms. The Labute approximate surface area is 135 Å². The van der Waals surface area contributed by atoms with Crippen molar-refractivity contribution in [2.75, 3.05) is 18.4 Å². The van der Waals surface area contributed by atoms with Crippen molar-refractivity contribution < 1.29 is 18.0 Å². The van der Waals surface area contributed by atoms with Gasteiger partial charge in [0, 0.05) is 37.9 Å². The summed E-state index contributed by atoms with van der Waals surface area (Å²) in [7, 11) is 0. The largest absolute Gasteiger partial charge is 0.416 e. The van der Waals surface area contributed by atoms with Crippen molar-refractivity contribution in [3.63, 3.8) is 0 Å². The van der Waals surface area contributed by atoms with Crippen LogP contribution >= 0.6 is 0 Å². The summed E-state index contributed by atoms with van der Waals surface area (Å²) in [5.41, 5.74) is -0.503. The molecule has 0 aliphatic carbocycles. The van der Waals surface area contributed by atoms with Crippen LogP contribution in [0.15, 0.2) is 18.3 Å². The Balaban J connectivity index is 1.56. The number of amides is 1. The smallest absolute Gasteiger partial charge is 0.354 e. The van der Waals surface area contributed by atoms with Gasteiger partial charge < -0.3 is 10.6 Å². The van der Waals surface area contributed by atoms with Crippen LogP contribution in [0.4, 0.5) is 19.1 Å². The molecule has 2 N–H and O–H groups in total. The zero-order chi connectivity index (χ0) is 17.2. The van der Waals surface area contributed by atoms with E-state index in [1.165, 1.54) is 0 Å². The van der Waals surface area contributed by atoms with Gasteiger partial charge >= 0.3 is 6.18 Å². The van der Waals surface area contributed by atoms with Crippen molar-refractivity contribution in [2.24, 2.45) is 0 Å². The summed E-state index contributed by atoms with van der Waals surface area (Å²) < 4.78 is 39.5. The molecule has 2 aromatic rings. The summed E-state index contributed by atoms with van der Waals surface area (Å²) in [6, 6.07) is 1.89. The summed E-state index contributed by atoms with van der Waals surface area (Å²) in [5, 5.41) is 9.71. The number of carbonyl (C=O) groups excluding carboxylic acids is 1. The summed E-state index contributed by atoms with van der Waals surface area (Å²) >= 11 is 0. The van der Waals surface area contributed by atoms with E-state index in [0.29, 0.717) is 12.5 Å². The number of fused-ring (bicyclic) bond motifs is 1. The molecule has 3 rings (SSSR count). The Morgan fingerprint density at radius 3 is 3.00 bits per heavy atom. The topological polar surface area (TPSA) is 84.7 Å². The molecule has 0 fully saturated rings. The molecule has 3 heterocycles. The Kier molecular flexibility index (Phi) is 4.36. The molecule has 1 amide bonds. The molecule has 10 heteroatoms. The van der Waals surface area contributed by atoms with E-state index in [9.17, 15) is 18.0 Å². The van der Waals surface area contributed by atoms with Crippen LogP contribution in [0.3, 0.4) is 0 Å². The number of pyridine rings is 1. The lowest BCUT2D eigenvalue weighted by Crippen LogP contribution is -2.27. The number of hydrogen-bond donors (Lipinski definition) is 2. The van der Waals surface area contributed by atoms with E-state index in [0.717, 1.165) is 31.3 Å². The molecule has 7 nitrogen and oxygen atoms in total. The van der Waals surface area contributed by atoms with Crippen LogP contribution in [0.5, 0.6) is 0 Å². The minimum Gasteiger partial charge on any atom is -0.354 e. The summed E-state index contributed by atoms with van der Waals surface area (Å²) in [5.74, 6) is 0.119. The molecule has 128 valence electrons. The predicted octanol–water partition coefficient (Wildman–Crippen LogP) is 1.48. The van der Waals surface area contributed by atoms with Crippen molar-refractivity contribution >= 4 is 11.9 Å². The number of halogens is 3. The summed E-state index contributed by atoms with van der Waals surface area (Å²) in [4.78, 5) is 20.0. The normalized spacial score (nSPS) is 14.0. The maximum Gasteiger partial charge on any atom is 0.416 e. The number of aryl methyl sites for hydroxylation is 1. The Morgan fingerprint density at radius 2 is 2.25 bits per heavy atom. The molecule has 2 aromatic heterocycles. The predicted molar refractivity (Wildman–Crippen MR) is 78.4 cm³/mol. The van der Waals surface area contributed by atoms with Crippen molar-refractivity contribution in [2.45, 2.75) is 25.6 Å². The van der Waals surface area contributed by atoms with Crippen molar-refractivity contribution in [3.05, 3.63) is 35.4 Å². The fourth-order valence-corrected chi connectivity index (χ4v) is 2.33. The van der Waals surface area contributed by atoms with Gasteiger partial charge in [0.05, 0.1) is 5.56 Å². The average molecular weight is 340 g/mol. The van der Waals surface area contributed by atoms with Crippen LogP contribution in [-0.2, 0) is 19.1 Å². The van der Waals surface area contributed by atoms with E-state index in [1.807, 2.05) is 0 Å². The summed E-state index contributed by atoms with van der Waals surface area (Å²) in [6.07, 6.45) is -2.22. The first-order chi connectivity index (χ1) is 11.4. The Hall–Kier alpha value is -2.65. The maximum atomic E-state index is 12.6. The highest BCUT2D eigenvalue weighted by Crippen LogP contribution is 2.28. The van der Waals surface area contributed by atoms with Crippen molar-refractivity contribution in [1.29, 1.82) is 0 Å². The van der Waals surface area contributed by atoms with Crippen molar-refractivity contribution in [3.8, 4) is 0 Å². The molecule has 0 aromatic carbocycles. The number of hydrogen-bond acceptors (Lipinski definition) is 5. The van der Waals surface area contributed by atoms with Crippen LogP contribution in [0.25, 0.3) is 0 Å². The first kappa shape index (κ1) is 16.2. The van der Waals surface area contributed by atoms with Gasteiger partial charge in [-0.05, 0) is 18.6 Å². The Morgan fingerprint density at radius 1 is 1.42 bits per heavy atom. The van der Waals surface area contributed by atoms with E-state index in [2.05, 4.69) is 25.7 Å². The van der Waals surface area contributed by atoms with Crippen LogP contribution in [0.1, 0.15) is 28.3 Å². The van der Waals surface area contributed by atoms with E-state index in [1.54, 1.807) is 4.68 Å². The van der Waals surface area contributed by atoms with Crippen LogP contribution in [0.2, 0.25) is 0 Å². The molecule has 0 atom stereocenters. The molecule has 0 saturated heterocycles. The molecule has 0 unspecified atom stereocenters. The van der Waals surface area contributed by atoms with Gasteiger partial charge in [0.1, 0.15) is 0 Å². The number of rotatable bonds is 4. The van der Waals surface area contributed by atoms with Gasteiger partial charge in [-0.1, -0.05) is 0 Å². The molecular weight excluding hydrogens is 325 g/mol. The lowest BCUT2D eigenvalue weighted by atomic mass is 10.2. The van der Waals surface area contributed by atoms with Crippen LogP contribution in [0, 0.1) is 0 Å². The standard InChI is InChI=1S/C14H15F3N6O/c15-14(16,17)9-2-5-18-10(8-9)3-6-19-12(24)11-21-13-20-4-1-7-23(13)22-11/h2,5,8H,1,3-4,6-7H2,(H,19,24)(H,20,21,22). The molecule has 1 aliphatic heterocycles. The number of nitrogens with one attached hydrogen (secondary N) is 2. The van der Waals surface area contributed by atoms with Gasteiger partial charge in [0.25, 0.3) is 5.91 Å². The van der Waals surface area contributed by atoms with Gasteiger partial charge in [-0.25, -0.2) is 4.68 Å². The fourth-order valence-electron chi connectivity index (χ4n) is 2.33. The number of alkyl halides is 3. The minimum absolute atomic E-state index is 0.0383. The van der Waals surface area contributed by atoms with E-state index < -0.39 is 17.6 Å². The highest BCUT2D eigenvalue weighted by molar-refractivity contribution is 5.90. The first-order valence-electron chi connectivity index (χ1n) is 7.42. The second kappa shape index (κ2) is 6.46. The second-order valence-electron chi connectivity index (χ2n) is 5.30. The minimum atomic E-state index is -4.41. The molecule has 0 radical (unpaired) electrons. The highest BCUT2D eigenvalue weighted by atomic mass is 19.4. The van der Waals surface area contributed by atoms with E-state index in [4.69, 9.17) is 0 Å². The van der Waals surface area contributed by atoms with Gasteiger partial charge in [0.2, 0.25) is 11.8 Å². The molecule has 0 saturated carbocycles. The highest BCUT2D eigenvalue weighted by Gasteiger charge is 2.30. The maximum absolute atomic E-state index is 12.6. The molecule has 1 aliphatic rings. The van der Waals surface area contributed by atoms with Gasteiger partial charge in [-0.15, -0.1) is 5.10 Å². The molecule has 24 heavy (non-hydrogen) atoms. The van der Waals surface area contributed by atoms with Crippen LogP contribution < -0.4 is 10.6 Å². The SMILES string of the molecule is O=C(NCCc1cc(C(F)(F)F)ccn1)c1nc2n(n1)CCCN2. The zero-order valence-corrected chi connectivity index (χ0v) is 12.6. The average Bonchev–Trinajstić information content (AvgIpc) is 2.98. The summed E-state index contributed by atoms with van der Waals surface area (Å²) in [6.45, 7) is 1.61. The molecule has 0 spiro atoms. The lowest BCUT2D eigenvalue weighted by molar-refractivity contribution is -0.137. The third-order valence-corrected chi connectivity index (χ3v) is 3.52. The fraction of sp³-hybridized carbons (Fsp3) is 0.429. The van der Waals surface area contributed by atoms with Gasteiger partial charge in [-0.3, -0.25) is 9.78 Å². The third kappa shape index (κ3) is 3.63. The third-order valence-electron chi connectivity index (χ3n) is 3.52. The Bertz CT molecular complexity index is 719. The van der Waals surface area contributed by atoms with Crippen LogP contribution in [-0.4, -0.2) is 38.7 Å². The lowest BCUT2D eigenvalue weighted by Gasteiger charge is -2.12.